The second kappa shape index (κ2) is 9.34. The molecule has 1 N–H and O–H groups in total. The Balaban J connectivity index is 1.32. The number of hydrogen-bond donors (Lipinski definition) is 1. The van der Waals surface area contributed by atoms with E-state index in [9.17, 15) is 28.0 Å². The minimum Gasteiger partial charge on any atom is -0.435 e. The van der Waals surface area contributed by atoms with Crippen LogP contribution in [0.4, 0.5) is 13.6 Å². The zero-order chi connectivity index (χ0) is 23.8. The third kappa shape index (κ3) is 4.86. The van der Waals surface area contributed by atoms with Crippen molar-refractivity contribution in [2.45, 2.75) is 37.3 Å². The van der Waals surface area contributed by atoms with E-state index in [-0.39, 0.29) is 40.4 Å². The van der Waals surface area contributed by atoms with Crippen LogP contribution >= 0.6 is 23.5 Å². The highest BCUT2D eigenvalue weighted by molar-refractivity contribution is 8.18. The fraction of sp³-hybridized carbons (Fsp3) is 0.429. The van der Waals surface area contributed by atoms with E-state index in [0.717, 1.165) is 16.7 Å². The smallest absolute Gasteiger partial charge is 0.387 e. The summed E-state index contributed by atoms with van der Waals surface area (Å²) >= 11 is 2.36. The van der Waals surface area contributed by atoms with Crippen molar-refractivity contribution in [3.8, 4) is 5.75 Å². The molecule has 3 heterocycles. The number of alkyl halides is 2. The van der Waals surface area contributed by atoms with Crippen LogP contribution in [0.15, 0.2) is 29.2 Å². The predicted molar refractivity (Wildman–Crippen MR) is 119 cm³/mol. The molecule has 2 atom stereocenters. The van der Waals surface area contributed by atoms with E-state index in [1.807, 2.05) is 6.92 Å². The number of nitrogens with one attached hydrogen (secondary N) is 1. The molecule has 0 aliphatic carbocycles. The second-order valence-corrected chi connectivity index (χ2v) is 10.3. The number of rotatable bonds is 7. The van der Waals surface area contributed by atoms with Crippen LogP contribution in [-0.2, 0) is 14.4 Å². The fourth-order valence-corrected chi connectivity index (χ4v) is 6.31. The summed E-state index contributed by atoms with van der Waals surface area (Å²) in [6.45, 7) is -0.897. The van der Waals surface area contributed by atoms with Gasteiger partial charge in [-0.3, -0.25) is 24.1 Å². The molecule has 4 amide bonds. The fourth-order valence-electron chi connectivity index (χ4n) is 4.01. The van der Waals surface area contributed by atoms with Crippen molar-refractivity contribution >= 4 is 52.6 Å². The molecule has 33 heavy (non-hydrogen) atoms. The minimum absolute atomic E-state index is 0.00000985. The lowest BCUT2D eigenvalue weighted by Crippen LogP contribution is -2.51. The maximum Gasteiger partial charge on any atom is 0.387 e. The first kappa shape index (κ1) is 23.6. The average Bonchev–Trinajstić information content (AvgIpc) is 3.35. The molecule has 0 radical (unpaired) electrons. The van der Waals surface area contributed by atoms with Gasteiger partial charge in [0.2, 0.25) is 11.8 Å². The zero-order valence-corrected chi connectivity index (χ0v) is 19.2. The maximum absolute atomic E-state index is 12.6. The van der Waals surface area contributed by atoms with Gasteiger partial charge in [-0.2, -0.15) is 8.78 Å². The van der Waals surface area contributed by atoms with Crippen LogP contribution in [0.3, 0.4) is 0 Å². The van der Waals surface area contributed by atoms with Gasteiger partial charge in [0.05, 0.1) is 9.78 Å². The molecule has 176 valence electrons. The van der Waals surface area contributed by atoms with Crippen molar-refractivity contribution in [3.63, 3.8) is 0 Å². The molecule has 4 rings (SSSR count). The molecule has 0 unspecified atom stereocenters. The molecule has 0 aromatic heterocycles. The number of imide groups is 1. The lowest BCUT2D eigenvalue weighted by molar-refractivity contribution is -0.137. The van der Waals surface area contributed by atoms with Crippen molar-refractivity contribution in [1.82, 2.24) is 15.1 Å². The van der Waals surface area contributed by atoms with Crippen molar-refractivity contribution in [3.05, 3.63) is 34.7 Å². The quantitative estimate of drug-likeness (QED) is 0.579. The number of amides is 4. The molecule has 8 nitrogen and oxygen atoms in total. The van der Waals surface area contributed by atoms with Crippen LogP contribution in [0.2, 0.25) is 0 Å². The number of carbonyl (C=O) groups excluding carboxylic acids is 4. The lowest BCUT2D eigenvalue weighted by atomic mass is 10.2. The summed E-state index contributed by atoms with van der Waals surface area (Å²) in [7, 11) is 0. The molecule has 12 heteroatoms. The van der Waals surface area contributed by atoms with Crippen LogP contribution < -0.4 is 10.1 Å². The summed E-state index contributed by atoms with van der Waals surface area (Å²) in [6, 6.07) is 5.13. The normalized spacial score (nSPS) is 26.0. The number of halogens is 2. The van der Waals surface area contributed by atoms with Crippen LogP contribution in [0, 0.1) is 0 Å². The van der Waals surface area contributed by atoms with E-state index in [1.54, 1.807) is 16.7 Å². The molecule has 0 spiro atoms. The highest BCUT2D eigenvalue weighted by atomic mass is 32.2. The van der Waals surface area contributed by atoms with Crippen molar-refractivity contribution in [2.24, 2.45) is 0 Å². The van der Waals surface area contributed by atoms with Gasteiger partial charge >= 0.3 is 6.61 Å². The van der Waals surface area contributed by atoms with Gasteiger partial charge in [0.25, 0.3) is 11.1 Å². The highest BCUT2D eigenvalue weighted by Crippen LogP contribution is 2.47. The van der Waals surface area contributed by atoms with Gasteiger partial charge < -0.3 is 15.0 Å². The summed E-state index contributed by atoms with van der Waals surface area (Å²) in [6.07, 6.45) is 2.63. The largest absolute Gasteiger partial charge is 0.435 e. The molecular formula is C21H21F2N3O5S2. The number of hydrogen-bond acceptors (Lipinski definition) is 7. The van der Waals surface area contributed by atoms with Gasteiger partial charge in [0.15, 0.2) is 0 Å². The number of ether oxygens (including phenoxy) is 1. The Hall–Kier alpha value is -2.60. The standard InChI is InChI=1S/C21H21F2N3O5S2/c1-21-7-6-16(27)26(21)14(11-32-21)17(28)24-8-9-25-18(29)15(33-20(25)30)10-12-2-4-13(5-3-12)31-19(22)23/h2-5,10,14,19H,6-9,11H2,1H3,(H,24,28)/b15-10+/t14-,21-/m0/s1. The van der Waals surface area contributed by atoms with E-state index in [4.69, 9.17) is 0 Å². The van der Waals surface area contributed by atoms with Gasteiger partial charge in [-0.1, -0.05) is 12.1 Å². The van der Waals surface area contributed by atoms with Crippen LogP contribution in [0.1, 0.15) is 25.3 Å². The molecule has 3 saturated heterocycles. The first-order valence-corrected chi connectivity index (χ1v) is 12.0. The molecule has 3 aliphatic heterocycles. The Kier molecular flexibility index (Phi) is 6.66. The molecule has 3 aliphatic rings. The van der Waals surface area contributed by atoms with E-state index in [2.05, 4.69) is 10.1 Å². The Morgan fingerprint density at radius 3 is 2.73 bits per heavy atom. The Morgan fingerprint density at radius 2 is 2.03 bits per heavy atom. The molecular weight excluding hydrogens is 476 g/mol. The lowest BCUT2D eigenvalue weighted by Gasteiger charge is -2.29. The summed E-state index contributed by atoms with van der Waals surface area (Å²) in [5.74, 6) is -0.324. The van der Waals surface area contributed by atoms with Crippen LogP contribution in [0.25, 0.3) is 6.08 Å². The van der Waals surface area contributed by atoms with E-state index in [0.29, 0.717) is 24.2 Å². The number of thioether (sulfide) groups is 2. The molecule has 1 aromatic carbocycles. The van der Waals surface area contributed by atoms with E-state index >= 15 is 0 Å². The number of carbonyl (C=O) groups is 4. The zero-order valence-electron chi connectivity index (χ0n) is 17.6. The maximum atomic E-state index is 12.6. The third-order valence-corrected chi connectivity index (χ3v) is 8.07. The number of fused-ring (bicyclic) bond motifs is 1. The predicted octanol–water partition coefficient (Wildman–Crippen LogP) is 2.89. The van der Waals surface area contributed by atoms with Gasteiger partial charge in [0.1, 0.15) is 11.8 Å². The SMILES string of the molecule is C[C@]12CCC(=O)N1[C@H](C(=O)NCCN1C(=O)S/C(=C/c3ccc(OC(F)F)cc3)C1=O)CS2. The number of benzene rings is 1. The van der Waals surface area contributed by atoms with Gasteiger partial charge in [-0.15, -0.1) is 11.8 Å². The second-order valence-electron chi connectivity index (χ2n) is 7.84. The summed E-state index contributed by atoms with van der Waals surface area (Å²) in [5, 5.41) is 2.27. The topological polar surface area (TPSA) is 96.0 Å². The molecule has 0 bridgehead atoms. The Bertz CT molecular complexity index is 1020. The van der Waals surface area contributed by atoms with Gasteiger partial charge in [-0.25, -0.2) is 0 Å². The highest BCUT2D eigenvalue weighted by Gasteiger charge is 2.52. The monoisotopic (exact) mass is 497 g/mol. The number of nitrogens with zero attached hydrogens (tertiary/aromatic N) is 2. The summed E-state index contributed by atoms with van der Waals surface area (Å²) in [5.41, 5.74) is 0.549. The van der Waals surface area contributed by atoms with Crippen molar-refractivity contribution in [2.75, 3.05) is 18.8 Å². The molecule has 0 saturated carbocycles. The van der Waals surface area contributed by atoms with Crippen molar-refractivity contribution < 1.29 is 32.7 Å². The first-order valence-electron chi connectivity index (χ1n) is 10.2. The summed E-state index contributed by atoms with van der Waals surface area (Å²) in [4.78, 5) is 52.3. The third-order valence-electron chi connectivity index (χ3n) is 5.66. The summed E-state index contributed by atoms with van der Waals surface area (Å²) < 4.78 is 28.8. The molecule has 3 fully saturated rings. The van der Waals surface area contributed by atoms with E-state index in [1.165, 1.54) is 30.3 Å². The molecule has 1 aromatic rings. The van der Waals surface area contributed by atoms with Crippen LogP contribution in [0.5, 0.6) is 5.75 Å². The van der Waals surface area contributed by atoms with E-state index < -0.39 is 23.8 Å². The Morgan fingerprint density at radius 1 is 1.30 bits per heavy atom. The average molecular weight is 498 g/mol. The minimum atomic E-state index is -2.93. The van der Waals surface area contributed by atoms with Crippen LogP contribution in [-0.4, -0.2) is 69.1 Å². The van der Waals surface area contributed by atoms with Gasteiger partial charge in [0, 0.05) is 25.3 Å². The first-order chi connectivity index (χ1) is 15.7. The Labute approximate surface area is 197 Å². The van der Waals surface area contributed by atoms with Gasteiger partial charge in [-0.05, 0) is 48.9 Å². The van der Waals surface area contributed by atoms with Crippen molar-refractivity contribution in [1.29, 1.82) is 0 Å².